The number of ether oxygens (including phenoxy) is 1. The number of nitrogens with zero attached hydrogens (tertiary/aromatic N) is 1. The van der Waals surface area contributed by atoms with Crippen LogP contribution in [0.25, 0.3) is 6.08 Å². The van der Waals surface area contributed by atoms with Crippen molar-refractivity contribution in [2.24, 2.45) is 0 Å². The normalized spacial score (nSPS) is 11.1. The van der Waals surface area contributed by atoms with Crippen LogP contribution in [0.4, 0.5) is 0 Å². The number of rotatable bonds is 7. The van der Waals surface area contributed by atoms with Gasteiger partial charge in [0.15, 0.2) is 0 Å². The Kier molecular flexibility index (Phi) is 6.64. The Morgan fingerprint density at radius 2 is 1.61 bits per heavy atom. The zero-order valence-electron chi connectivity index (χ0n) is 16.3. The van der Waals surface area contributed by atoms with E-state index in [1.807, 2.05) is 71.6 Å². The van der Waals surface area contributed by atoms with Crippen LogP contribution in [0, 0.1) is 0 Å². The van der Waals surface area contributed by atoms with E-state index < -0.39 is 0 Å². The SMILES string of the molecule is COc1cccc(C(=O)N(C/C(C)=C/c2ccccc2)Cc2ccccc2)c1. The van der Waals surface area contributed by atoms with Gasteiger partial charge in [-0.05, 0) is 36.2 Å². The third kappa shape index (κ3) is 5.34. The zero-order chi connectivity index (χ0) is 19.8. The molecule has 1 amide bonds. The first-order valence-corrected chi connectivity index (χ1v) is 9.35. The molecule has 3 aromatic carbocycles. The summed E-state index contributed by atoms with van der Waals surface area (Å²) in [7, 11) is 1.61. The van der Waals surface area contributed by atoms with Crippen LogP contribution in [0.2, 0.25) is 0 Å². The topological polar surface area (TPSA) is 29.5 Å². The van der Waals surface area contributed by atoms with Gasteiger partial charge in [0.25, 0.3) is 5.91 Å². The van der Waals surface area contributed by atoms with Crippen molar-refractivity contribution in [1.82, 2.24) is 4.90 Å². The van der Waals surface area contributed by atoms with Gasteiger partial charge in [0.2, 0.25) is 0 Å². The summed E-state index contributed by atoms with van der Waals surface area (Å²) >= 11 is 0. The van der Waals surface area contributed by atoms with Crippen LogP contribution in [-0.4, -0.2) is 24.5 Å². The summed E-state index contributed by atoms with van der Waals surface area (Å²) in [6, 6.07) is 27.5. The maximum atomic E-state index is 13.2. The maximum absolute atomic E-state index is 13.2. The van der Waals surface area contributed by atoms with E-state index in [0.29, 0.717) is 24.4 Å². The molecule has 0 unspecified atom stereocenters. The van der Waals surface area contributed by atoms with Gasteiger partial charge in [-0.2, -0.15) is 0 Å². The molecule has 0 radical (unpaired) electrons. The summed E-state index contributed by atoms with van der Waals surface area (Å²) < 4.78 is 5.28. The van der Waals surface area contributed by atoms with Gasteiger partial charge in [-0.1, -0.05) is 78.4 Å². The van der Waals surface area contributed by atoms with E-state index in [0.717, 1.165) is 16.7 Å². The molecule has 0 aliphatic carbocycles. The van der Waals surface area contributed by atoms with Crippen molar-refractivity contribution in [3.8, 4) is 5.75 Å². The second-order valence-corrected chi connectivity index (χ2v) is 6.78. The number of amides is 1. The summed E-state index contributed by atoms with van der Waals surface area (Å²) in [5.74, 6) is 0.672. The fourth-order valence-corrected chi connectivity index (χ4v) is 3.12. The zero-order valence-corrected chi connectivity index (χ0v) is 16.3. The molecule has 0 saturated heterocycles. The average Bonchev–Trinajstić information content (AvgIpc) is 2.74. The van der Waals surface area contributed by atoms with Crippen molar-refractivity contribution in [3.05, 3.63) is 107 Å². The number of carbonyl (C=O) groups excluding carboxylic acids is 1. The largest absolute Gasteiger partial charge is 0.497 e. The summed E-state index contributed by atoms with van der Waals surface area (Å²) in [6.07, 6.45) is 2.12. The first kappa shape index (κ1) is 19.4. The molecule has 0 aliphatic rings. The third-order valence-corrected chi connectivity index (χ3v) is 4.47. The third-order valence-electron chi connectivity index (χ3n) is 4.47. The summed E-state index contributed by atoms with van der Waals surface area (Å²) in [4.78, 5) is 15.1. The van der Waals surface area contributed by atoms with E-state index in [9.17, 15) is 4.79 Å². The molecule has 0 fully saturated rings. The minimum atomic E-state index is -0.0106. The van der Waals surface area contributed by atoms with Gasteiger partial charge in [-0.3, -0.25) is 4.79 Å². The monoisotopic (exact) mass is 371 g/mol. The molecule has 0 bridgehead atoms. The Bertz CT molecular complexity index is 933. The standard InChI is InChI=1S/C25H25NO2/c1-20(16-21-10-5-3-6-11-21)18-26(19-22-12-7-4-8-13-22)25(27)23-14-9-15-24(17-23)28-2/h3-17H,18-19H2,1-2H3/b20-16+. The fourth-order valence-electron chi connectivity index (χ4n) is 3.12. The summed E-state index contributed by atoms with van der Waals surface area (Å²) in [5, 5.41) is 0. The highest BCUT2D eigenvalue weighted by Crippen LogP contribution is 2.18. The lowest BCUT2D eigenvalue weighted by atomic mass is 10.1. The van der Waals surface area contributed by atoms with Crippen molar-refractivity contribution < 1.29 is 9.53 Å². The molecule has 0 atom stereocenters. The van der Waals surface area contributed by atoms with E-state index in [1.54, 1.807) is 13.2 Å². The van der Waals surface area contributed by atoms with Crippen LogP contribution < -0.4 is 4.74 Å². The van der Waals surface area contributed by atoms with Crippen LogP contribution in [0.15, 0.2) is 90.5 Å². The Hall–Kier alpha value is -3.33. The molecular formula is C25H25NO2. The molecule has 0 saturated carbocycles. The van der Waals surface area contributed by atoms with Gasteiger partial charge in [0.1, 0.15) is 5.75 Å². The quantitative estimate of drug-likeness (QED) is 0.553. The van der Waals surface area contributed by atoms with Gasteiger partial charge in [-0.15, -0.1) is 0 Å². The number of benzene rings is 3. The van der Waals surface area contributed by atoms with Crippen LogP contribution in [0.1, 0.15) is 28.4 Å². The van der Waals surface area contributed by atoms with E-state index in [2.05, 4.69) is 25.1 Å². The molecule has 28 heavy (non-hydrogen) atoms. The molecule has 0 aromatic heterocycles. The molecule has 3 rings (SSSR count). The lowest BCUT2D eigenvalue weighted by Crippen LogP contribution is -2.32. The highest BCUT2D eigenvalue weighted by molar-refractivity contribution is 5.94. The Morgan fingerprint density at radius 3 is 2.29 bits per heavy atom. The van der Waals surface area contributed by atoms with Gasteiger partial charge in [-0.25, -0.2) is 0 Å². The second-order valence-electron chi connectivity index (χ2n) is 6.78. The molecule has 0 N–H and O–H groups in total. The van der Waals surface area contributed by atoms with Crippen LogP contribution >= 0.6 is 0 Å². The predicted octanol–water partition coefficient (Wildman–Crippen LogP) is 5.44. The first-order chi connectivity index (χ1) is 13.7. The van der Waals surface area contributed by atoms with E-state index in [1.165, 1.54) is 0 Å². The molecule has 0 heterocycles. The van der Waals surface area contributed by atoms with Crippen LogP contribution in [0.3, 0.4) is 0 Å². The molecule has 0 spiro atoms. The molecule has 0 aliphatic heterocycles. The highest BCUT2D eigenvalue weighted by Gasteiger charge is 2.17. The first-order valence-electron chi connectivity index (χ1n) is 9.35. The van der Waals surface area contributed by atoms with Crippen molar-refractivity contribution in [2.75, 3.05) is 13.7 Å². The Labute approximate surface area is 166 Å². The Morgan fingerprint density at radius 1 is 0.929 bits per heavy atom. The van der Waals surface area contributed by atoms with Gasteiger partial charge >= 0.3 is 0 Å². The van der Waals surface area contributed by atoms with E-state index in [-0.39, 0.29) is 5.91 Å². The molecule has 3 heteroatoms. The van der Waals surface area contributed by atoms with Crippen molar-refractivity contribution in [1.29, 1.82) is 0 Å². The van der Waals surface area contributed by atoms with Gasteiger partial charge < -0.3 is 9.64 Å². The van der Waals surface area contributed by atoms with Gasteiger partial charge in [0, 0.05) is 18.7 Å². The fraction of sp³-hybridized carbons (Fsp3) is 0.160. The van der Waals surface area contributed by atoms with E-state index in [4.69, 9.17) is 4.74 Å². The average molecular weight is 371 g/mol. The lowest BCUT2D eigenvalue weighted by Gasteiger charge is -2.24. The minimum absolute atomic E-state index is 0.0106. The number of hydrogen-bond acceptors (Lipinski definition) is 2. The van der Waals surface area contributed by atoms with Crippen molar-refractivity contribution in [2.45, 2.75) is 13.5 Å². The maximum Gasteiger partial charge on any atom is 0.254 e. The van der Waals surface area contributed by atoms with E-state index >= 15 is 0 Å². The lowest BCUT2D eigenvalue weighted by molar-refractivity contribution is 0.0758. The molecule has 142 valence electrons. The predicted molar refractivity (Wildman–Crippen MR) is 114 cm³/mol. The Balaban J connectivity index is 1.85. The van der Waals surface area contributed by atoms with Crippen LogP contribution in [-0.2, 0) is 6.54 Å². The van der Waals surface area contributed by atoms with Crippen LogP contribution in [0.5, 0.6) is 5.75 Å². The number of hydrogen-bond donors (Lipinski definition) is 0. The summed E-state index contributed by atoms with van der Waals surface area (Å²) in [6.45, 7) is 3.17. The number of methoxy groups -OCH3 is 1. The minimum Gasteiger partial charge on any atom is -0.497 e. The van der Waals surface area contributed by atoms with Gasteiger partial charge in [0.05, 0.1) is 7.11 Å². The second kappa shape index (κ2) is 9.56. The molecular weight excluding hydrogens is 346 g/mol. The van der Waals surface area contributed by atoms with Crippen molar-refractivity contribution >= 4 is 12.0 Å². The summed E-state index contributed by atoms with van der Waals surface area (Å²) in [5.41, 5.74) is 3.99. The highest BCUT2D eigenvalue weighted by atomic mass is 16.5. The number of carbonyl (C=O) groups is 1. The van der Waals surface area contributed by atoms with Crippen molar-refractivity contribution in [3.63, 3.8) is 0 Å². The molecule has 3 aromatic rings. The molecule has 3 nitrogen and oxygen atoms in total. The smallest absolute Gasteiger partial charge is 0.254 e.